The highest BCUT2D eigenvalue weighted by molar-refractivity contribution is 5.89. The summed E-state index contributed by atoms with van der Waals surface area (Å²) in [5.74, 6) is 0.135. The number of hydrogen-bond donors (Lipinski definition) is 1. The minimum absolute atomic E-state index is 0.135. The molecule has 18 heavy (non-hydrogen) atoms. The van der Waals surface area contributed by atoms with E-state index in [9.17, 15) is 4.79 Å². The molecular weight excluding hydrogens is 232 g/mol. The van der Waals surface area contributed by atoms with Crippen LogP contribution in [0.2, 0.25) is 0 Å². The average Bonchev–Trinajstić information content (AvgIpc) is 3.14. The predicted octanol–water partition coefficient (Wildman–Crippen LogP) is 0.522. The molecule has 0 aromatic rings. The number of likely N-dealkylation sites (tertiary alicyclic amines) is 1. The molecule has 2 rings (SSSR count). The van der Waals surface area contributed by atoms with Crippen molar-refractivity contribution in [2.24, 2.45) is 5.73 Å². The smallest absolute Gasteiger partial charge is 0.242 e. The maximum absolute atomic E-state index is 12.0. The molecule has 1 heterocycles. The second-order valence-corrected chi connectivity index (χ2v) is 5.22. The lowest BCUT2D eigenvalue weighted by Crippen LogP contribution is -2.49. The van der Waals surface area contributed by atoms with E-state index >= 15 is 0 Å². The Morgan fingerprint density at radius 1 is 1.33 bits per heavy atom. The molecule has 104 valence electrons. The molecular formula is C13H24N2O3. The number of ether oxygens (including phenoxy) is 2. The van der Waals surface area contributed by atoms with Crippen LogP contribution in [0.4, 0.5) is 0 Å². The molecule has 2 aliphatic rings. The Kier molecular flexibility index (Phi) is 4.59. The van der Waals surface area contributed by atoms with Crippen molar-refractivity contribution >= 4 is 5.91 Å². The lowest BCUT2D eigenvalue weighted by Gasteiger charge is -2.33. The van der Waals surface area contributed by atoms with Gasteiger partial charge in [0.1, 0.15) is 0 Å². The van der Waals surface area contributed by atoms with Gasteiger partial charge in [0.05, 0.1) is 24.9 Å². The van der Waals surface area contributed by atoms with Crippen LogP contribution in [0, 0.1) is 0 Å². The highest BCUT2D eigenvalue weighted by Crippen LogP contribution is 2.34. The van der Waals surface area contributed by atoms with E-state index in [0.717, 1.165) is 45.4 Å². The summed E-state index contributed by atoms with van der Waals surface area (Å²) in [6.07, 6.45) is 3.78. The number of rotatable bonds is 6. The lowest BCUT2D eigenvalue weighted by atomic mass is 10.1. The van der Waals surface area contributed by atoms with Gasteiger partial charge in [-0.1, -0.05) is 0 Å². The highest BCUT2D eigenvalue weighted by atomic mass is 16.5. The number of nitrogens with zero attached hydrogens (tertiary/aromatic N) is 1. The van der Waals surface area contributed by atoms with E-state index in [1.54, 1.807) is 0 Å². The van der Waals surface area contributed by atoms with Crippen LogP contribution < -0.4 is 5.73 Å². The fraction of sp³-hybridized carbons (Fsp3) is 0.923. The van der Waals surface area contributed by atoms with Gasteiger partial charge in [-0.25, -0.2) is 0 Å². The van der Waals surface area contributed by atoms with Crippen LogP contribution in [0.5, 0.6) is 0 Å². The van der Waals surface area contributed by atoms with Crippen molar-refractivity contribution in [1.29, 1.82) is 0 Å². The van der Waals surface area contributed by atoms with E-state index in [1.165, 1.54) is 0 Å². The molecule has 0 radical (unpaired) electrons. The summed E-state index contributed by atoms with van der Waals surface area (Å²) in [6.45, 7) is 5.56. The molecule has 2 N–H and O–H groups in total. The monoisotopic (exact) mass is 256 g/mol. The van der Waals surface area contributed by atoms with Crippen LogP contribution in [0.25, 0.3) is 0 Å². The van der Waals surface area contributed by atoms with E-state index < -0.39 is 5.54 Å². The van der Waals surface area contributed by atoms with Crippen LogP contribution in [0.3, 0.4) is 0 Å². The second kappa shape index (κ2) is 5.99. The summed E-state index contributed by atoms with van der Waals surface area (Å²) in [7, 11) is 0. The number of piperidine rings is 1. The van der Waals surface area contributed by atoms with Gasteiger partial charge in [0.15, 0.2) is 0 Å². The van der Waals surface area contributed by atoms with Gasteiger partial charge in [-0.3, -0.25) is 4.79 Å². The molecule has 0 spiro atoms. The number of carbonyl (C=O) groups is 1. The van der Waals surface area contributed by atoms with Gasteiger partial charge in [-0.15, -0.1) is 0 Å². The number of carbonyl (C=O) groups excluding carboxylic acids is 1. The third kappa shape index (κ3) is 3.43. The molecule has 5 nitrogen and oxygen atoms in total. The molecule has 0 unspecified atom stereocenters. The van der Waals surface area contributed by atoms with Crippen molar-refractivity contribution < 1.29 is 14.3 Å². The first-order valence-corrected chi connectivity index (χ1v) is 6.93. The fourth-order valence-electron chi connectivity index (χ4n) is 2.31. The maximum Gasteiger partial charge on any atom is 0.242 e. The highest BCUT2D eigenvalue weighted by Gasteiger charge is 2.48. The van der Waals surface area contributed by atoms with E-state index in [4.69, 9.17) is 15.2 Å². The molecule has 0 atom stereocenters. The molecule has 1 aliphatic heterocycles. The van der Waals surface area contributed by atoms with Gasteiger partial charge >= 0.3 is 0 Å². The van der Waals surface area contributed by atoms with E-state index in [1.807, 2.05) is 11.8 Å². The standard InChI is InChI=1S/C13H24N2O3/c1-2-17-9-10-18-11-3-7-15(8-4-11)12(16)13(14)5-6-13/h11H,2-10,14H2,1H3. The van der Waals surface area contributed by atoms with Crippen molar-refractivity contribution in [3.63, 3.8) is 0 Å². The summed E-state index contributed by atoms with van der Waals surface area (Å²) >= 11 is 0. The van der Waals surface area contributed by atoms with Crippen molar-refractivity contribution in [1.82, 2.24) is 4.90 Å². The minimum atomic E-state index is -0.525. The van der Waals surface area contributed by atoms with Crippen LogP contribution in [-0.4, -0.2) is 55.4 Å². The Morgan fingerprint density at radius 3 is 2.56 bits per heavy atom. The zero-order valence-electron chi connectivity index (χ0n) is 11.2. The van der Waals surface area contributed by atoms with E-state index in [-0.39, 0.29) is 12.0 Å². The molecule has 0 aromatic carbocycles. The van der Waals surface area contributed by atoms with Gasteiger partial charge in [0, 0.05) is 19.7 Å². The summed E-state index contributed by atoms with van der Waals surface area (Å²) in [4.78, 5) is 13.9. The van der Waals surface area contributed by atoms with Crippen molar-refractivity contribution in [3.05, 3.63) is 0 Å². The normalized spacial score (nSPS) is 23.1. The Morgan fingerprint density at radius 2 is 2.00 bits per heavy atom. The van der Waals surface area contributed by atoms with Crippen LogP contribution in [-0.2, 0) is 14.3 Å². The first-order valence-electron chi connectivity index (χ1n) is 6.93. The molecule has 0 aromatic heterocycles. The maximum atomic E-state index is 12.0. The minimum Gasteiger partial charge on any atom is -0.379 e. The van der Waals surface area contributed by atoms with Crippen molar-refractivity contribution in [2.45, 2.75) is 44.2 Å². The van der Waals surface area contributed by atoms with Gasteiger partial charge in [0.25, 0.3) is 0 Å². The van der Waals surface area contributed by atoms with Crippen LogP contribution >= 0.6 is 0 Å². The van der Waals surface area contributed by atoms with E-state index in [2.05, 4.69) is 0 Å². The zero-order chi connectivity index (χ0) is 13.0. The van der Waals surface area contributed by atoms with Crippen LogP contribution in [0.1, 0.15) is 32.6 Å². The Bertz CT molecular complexity index is 284. The van der Waals surface area contributed by atoms with E-state index in [0.29, 0.717) is 13.2 Å². The lowest BCUT2D eigenvalue weighted by molar-refractivity contribution is -0.136. The third-order valence-corrected chi connectivity index (χ3v) is 3.73. The topological polar surface area (TPSA) is 64.8 Å². The Hall–Kier alpha value is -0.650. The van der Waals surface area contributed by atoms with Crippen molar-refractivity contribution in [3.8, 4) is 0 Å². The Balaban J connectivity index is 1.63. The number of hydrogen-bond acceptors (Lipinski definition) is 4. The second-order valence-electron chi connectivity index (χ2n) is 5.22. The molecule has 5 heteroatoms. The molecule has 1 saturated carbocycles. The summed E-state index contributed by atoms with van der Waals surface area (Å²) in [5.41, 5.74) is 5.40. The first kappa shape index (κ1) is 13.8. The Labute approximate surface area is 109 Å². The van der Waals surface area contributed by atoms with Crippen LogP contribution in [0.15, 0.2) is 0 Å². The van der Waals surface area contributed by atoms with Gasteiger partial charge < -0.3 is 20.1 Å². The molecule has 0 bridgehead atoms. The quantitative estimate of drug-likeness (QED) is 0.704. The zero-order valence-corrected chi connectivity index (χ0v) is 11.2. The van der Waals surface area contributed by atoms with Gasteiger partial charge in [0.2, 0.25) is 5.91 Å². The largest absolute Gasteiger partial charge is 0.379 e. The summed E-state index contributed by atoms with van der Waals surface area (Å²) in [6, 6.07) is 0. The third-order valence-electron chi connectivity index (χ3n) is 3.73. The van der Waals surface area contributed by atoms with Crippen molar-refractivity contribution in [2.75, 3.05) is 32.9 Å². The SMILES string of the molecule is CCOCCOC1CCN(C(=O)C2(N)CC2)CC1. The predicted molar refractivity (Wildman–Crippen MR) is 68.2 cm³/mol. The number of nitrogens with two attached hydrogens (primary N) is 1. The fourth-order valence-corrected chi connectivity index (χ4v) is 2.31. The molecule has 2 fully saturated rings. The first-order chi connectivity index (χ1) is 8.65. The summed E-state index contributed by atoms with van der Waals surface area (Å²) in [5, 5.41) is 0. The number of amides is 1. The molecule has 1 amide bonds. The van der Waals surface area contributed by atoms with Gasteiger partial charge in [-0.2, -0.15) is 0 Å². The molecule has 1 aliphatic carbocycles. The average molecular weight is 256 g/mol. The van der Waals surface area contributed by atoms with Gasteiger partial charge in [-0.05, 0) is 32.6 Å². The molecule has 1 saturated heterocycles. The summed E-state index contributed by atoms with van der Waals surface area (Å²) < 4.78 is 11.0.